The van der Waals surface area contributed by atoms with Crippen molar-refractivity contribution >= 4 is 6.03 Å². The number of benzene rings is 2. The lowest BCUT2D eigenvalue weighted by atomic mass is 10.2. The molecule has 0 fully saturated rings. The summed E-state index contributed by atoms with van der Waals surface area (Å²) in [6, 6.07) is 16.4. The van der Waals surface area contributed by atoms with Crippen molar-refractivity contribution in [3.63, 3.8) is 0 Å². The van der Waals surface area contributed by atoms with Crippen molar-refractivity contribution in [3.8, 4) is 17.4 Å². The number of methoxy groups -OCH3 is 1. The fourth-order valence-corrected chi connectivity index (χ4v) is 2.37. The molecule has 0 unspecified atom stereocenters. The number of hydrogen-bond donors (Lipinski definition) is 2. The van der Waals surface area contributed by atoms with Gasteiger partial charge in [0.05, 0.1) is 7.11 Å². The molecule has 1 heterocycles. The van der Waals surface area contributed by atoms with Crippen LogP contribution < -0.4 is 20.1 Å². The fraction of sp³-hybridized carbons (Fsp3) is 0.143. The van der Waals surface area contributed by atoms with E-state index in [2.05, 4.69) is 15.6 Å². The smallest absolute Gasteiger partial charge is 0.315 e. The monoisotopic (exact) mass is 381 g/mol. The van der Waals surface area contributed by atoms with Crippen molar-refractivity contribution < 1.29 is 18.7 Å². The van der Waals surface area contributed by atoms with Crippen molar-refractivity contribution in [1.82, 2.24) is 15.6 Å². The van der Waals surface area contributed by atoms with E-state index in [0.29, 0.717) is 24.7 Å². The number of amides is 2. The van der Waals surface area contributed by atoms with E-state index in [1.54, 1.807) is 25.4 Å². The summed E-state index contributed by atoms with van der Waals surface area (Å²) in [4.78, 5) is 16.1. The van der Waals surface area contributed by atoms with Crippen LogP contribution in [-0.2, 0) is 13.1 Å². The number of halogens is 1. The molecule has 0 aliphatic heterocycles. The molecule has 0 spiro atoms. The Hall–Kier alpha value is -3.61. The highest BCUT2D eigenvalue weighted by Gasteiger charge is 2.03. The van der Waals surface area contributed by atoms with E-state index in [1.165, 1.54) is 24.3 Å². The average Bonchev–Trinajstić information content (AvgIpc) is 2.74. The Morgan fingerprint density at radius 2 is 1.50 bits per heavy atom. The summed E-state index contributed by atoms with van der Waals surface area (Å²) in [6.07, 6.45) is 1.61. The minimum absolute atomic E-state index is 0.276. The lowest BCUT2D eigenvalue weighted by Crippen LogP contribution is -2.34. The van der Waals surface area contributed by atoms with Gasteiger partial charge in [-0.25, -0.2) is 14.2 Å². The zero-order valence-corrected chi connectivity index (χ0v) is 15.3. The van der Waals surface area contributed by atoms with E-state index >= 15 is 0 Å². The SMILES string of the molecule is COc1ccc(CNC(=O)NCc2ccc(Oc3ccc(F)cc3)nc2)cc1. The summed E-state index contributed by atoms with van der Waals surface area (Å²) in [5.41, 5.74) is 1.80. The van der Waals surface area contributed by atoms with Crippen molar-refractivity contribution in [2.24, 2.45) is 0 Å². The van der Waals surface area contributed by atoms with Crippen LogP contribution in [0.15, 0.2) is 66.9 Å². The maximum Gasteiger partial charge on any atom is 0.315 e. The van der Waals surface area contributed by atoms with Crippen LogP contribution >= 0.6 is 0 Å². The number of aromatic nitrogens is 1. The van der Waals surface area contributed by atoms with Crippen LogP contribution in [0.25, 0.3) is 0 Å². The number of urea groups is 1. The second kappa shape index (κ2) is 9.36. The highest BCUT2D eigenvalue weighted by atomic mass is 19.1. The first-order valence-electron chi connectivity index (χ1n) is 8.65. The van der Waals surface area contributed by atoms with Gasteiger partial charge >= 0.3 is 6.03 Å². The quantitative estimate of drug-likeness (QED) is 0.648. The van der Waals surface area contributed by atoms with Gasteiger partial charge in [-0.2, -0.15) is 0 Å². The number of carbonyl (C=O) groups excluding carboxylic acids is 1. The van der Waals surface area contributed by atoms with E-state index in [4.69, 9.17) is 9.47 Å². The molecule has 28 heavy (non-hydrogen) atoms. The van der Waals surface area contributed by atoms with E-state index in [9.17, 15) is 9.18 Å². The summed E-state index contributed by atoms with van der Waals surface area (Å²) in [5, 5.41) is 5.56. The Kier molecular flexibility index (Phi) is 6.41. The summed E-state index contributed by atoms with van der Waals surface area (Å²) in [6.45, 7) is 0.747. The summed E-state index contributed by atoms with van der Waals surface area (Å²) in [5.74, 6) is 1.33. The van der Waals surface area contributed by atoms with Crippen LogP contribution in [0.2, 0.25) is 0 Å². The Morgan fingerprint density at radius 3 is 2.11 bits per heavy atom. The average molecular weight is 381 g/mol. The lowest BCUT2D eigenvalue weighted by Gasteiger charge is -2.09. The van der Waals surface area contributed by atoms with Gasteiger partial charge in [0.1, 0.15) is 17.3 Å². The molecular formula is C21H20FN3O3. The van der Waals surface area contributed by atoms with Crippen LogP contribution in [0.5, 0.6) is 17.4 Å². The third-order valence-corrected chi connectivity index (χ3v) is 3.90. The number of carbonyl (C=O) groups is 1. The summed E-state index contributed by atoms with van der Waals surface area (Å²) >= 11 is 0. The first kappa shape index (κ1) is 19.2. The van der Waals surface area contributed by atoms with Gasteiger partial charge in [0, 0.05) is 25.4 Å². The molecule has 0 saturated heterocycles. The molecule has 3 rings (SSSR count). The molecule has 0 bridgehead atoms. The van der Waals surface area contributed by atoms with E-state index < -0.39 is 0 Å². The molecule has 3 aromatic rings. The van der Waals surface area contributed by atoms with Gasteiger partial charge < -0.3 is 20.1 Å². The first-order valence-corrected chi connectivity index (χ1v) is 8.65. The van der Waals surface area contributed by atoms with Gasteiger partial charge in [0.25, 0.3) is 0 Å². The molecule has 6 nitrogen and oxygen atoms in total. The van der Waals surface area contributed by atoms with Gasteiger partial charge in [-0.3, -0.25) is 0 Å². The Morgan fingerprint density at radius 1 is 0.893 bits per heavy atom. The first-order chi connectivity index (χ1) is 13.6. The standard InChI is InChI=1S/C21H20FN3O3/c1-27-18-7-2-15(3-8-18)12-24-21(26)25-14-16-4-11-20(23-13-16)28-19-9-5-17(22)6-10-19/h2-11,13H,12,14H2,1H3,(H2,24,25,26). The van der Waals surface area contributed by atoms with Crippen molar-refractivity contribution in [3.05, 3.63) is 83.8 Å². The number of nitrogens with one attached hydrogen (secondary N) is 2. The molecule has 2 amide bonds. The Balaban J connectivity index is 1.43. The Bertz CT molecular complexity index is 898. The van der Waals surface area contributed by atoms with Crippen LogP contribution in [0.3, 0.4) is 0 Å². The molecule has 0 saturated carbocycles. The predicted molar refractivity (Wildman–Crippen MR) is 103 cm³/mol. The largest absolute Gasteiger partial charge is 0.497 e. The maximum absolute atomic E-state index is 12.9. The topological polar surface area (TPSA) is 72.5 Å². The molecule has 7 heteroatoms. The number of pyridine rings is 1. The highest BCUT2D eigenvalue weighted by molar-refractivity contribution is 5.73. The van der Waals surface area contributed by atoms with Crippen LogP contribution in [0, 0.1) is 5.82 Å². The second-order valence-electron chi connectivity index (χ2n) is 5.94. The van der Waals surface area contributed by atoms with Gasteiger partial charge in [0.15, 0.2) is 0 Å². The number of nitrogens with zero attached hydrogens (tertiary/aromatic N) is 1. The molecule has 1 aromatic heterocycles. The van der Waals surface area contributed by atoms with E-state index in [0.717, 1.165) is 16.9 Å². The van der Waals surface area contributed by atoms with Crippen molar-refractivity contribution in [2.75, 3.05) is 7.11 Å². The third kappa shape index (κ3) is 5.70. The van der Waals surface area contributed by atoms with Crippen LogP contribution in [-0.4, -0.2) is 18.1 Å². The van der Waals surface area contributed by atoms with Crippen molar-refractivity contribution in [1.29, 1.82) is 0 Å². The molecule has 0 aliphatic carbocycles. The summed E-state index contributed by atoms with van der Waals surface area (Å²) in [7, 11) is 1.61. The summed E-state index contributed by atoms with van der Waals surface area (Å²) < 4.78 is 23.5. The molecule has 144 valence electrons. The number of ether oxygens (including phenoxy) is 2. The van der Waals surface area contributed by atoms with Gasteiger partial charge in [-0.1, -0.05) is 18.2 Å². The maximum atomic E-state index is 12.9. The highest BCUT2D eigenvalue weighted by Crippen LogP contribution is 2.19. The predicted octanol–water partition coefficient (Wildman–Crippen LogP) is 4.02. The van der Waals surface area contributed by atoms with Crippen LogP contribution in [0.4, 0.5) is 9.18 Å². The number of rotatable bonds is 7. The van der Waals surface area contributed by atoms with Crippen LogP contribution in [0.1, 0.15) is 11.1 Å². The molecule has 0 atom stereocenters. The normalized spacial score (nSPS) is 10.2. The lowest BCUT2D eigenvalue weighted by molar-refractivity contribution is 0.240. The van der Waals surface area contributed by atoms with Gasteiger partial charge in [0.2, 0.25) is 5.88 Å². The third-order valence-electron chi connectivity index (χ3n) is 3.90. The zero-order valence-electron chi connectivity index (χ0n) is 15.3. The molecule has 2 aromatic carbocycles. The number of hydrogen-bond acceptors (Lipinski definition) is 4. The fourth-order valence-electron chi connectivity index (χ4n) is 2.37. The minimum Gasteiger partial charge on any atom is -0.497 e. The van der Waals surface area contributed by atoms with E-state index in [-0.39, 0.29) is 11.8 Å². The minimum atomic E-state index is -0.327. The Labute approximate surface area is 162 Å². The van der Waals surface area contributed by atoms with Crippen molar-refractivity contribution in [2.45, 2.75) is 13.1 Å². The molecular weight excluding hydrogens is 361 g/mol. The molecule has 0 radical (unpaired) electrons. The van der Waals surface area contributed by atoms with Gasteiger partial charge in [-0.05, 0) is 47.5 Å². The van der Waals surface area contributed by atoms with Gasteiger partial charge in [-0.15, -0.1) is 0 Å². The molecule has 2 N–H and O–H groups in total. The molecule has 0 aliphatic rings. The zero-order chi connectivity index (χ0) is 19.8. The second-order valence-corrected chi connectivity index (χ2v) is 5.94. The van der Waals surface area contributed by atoms with E-state index in [1.807, 2.05) is 24.3 Å².